The van der Waals surface area contributed by atoms with Gasteiger partial charge in [-0.1, -0.05) is 19.8 Å². The van der Waals surface area contributed by atoms with Crippen LogP contribution >= 0.6 is 8.58 Å². The molecule has 0 aromatic carbocycles. The Morgan fingerprint density at radius 1 is 1.05 bits per heavy atom. The van der Waals surface area contributed by atoms with Gasteiger partial charge in [0.1, 0.15) is 0 Å². The number of amides is 1. The number of ether oxygens (including phenoxy) is 1. The van der Waals surface area contributed by atoms with E-state index in [0.717, 1.165) is 13.0 Å². The Labute approximate surface area is 145 Å². The molecule has 0 aliphatic rings. The second kappa shape index (κ2) is 17.0. The van der Waals surface area contributed by atoms with E-state index < -0.39 is 21.7 Å². The van der Waals surface area contributed by atoms with E-state index in [9.17, 15) is 4.79 Å². The van der Waals surface area contributed by atoms with E-state index in [1.807, 2.05) is 0 Å². The number of halogens is 1. The topological polar surface area (TPSA) is 38.3 Å². The Hall–Kier alpha value is 0.590. The summed E-state index contributed by atoms with van der Waals surface area (Å²) in [6.45, 7) is 3.52. The van der Waals surface area contributed by atoms with Crippen molar-refractivity contribution in [3.8, 4) is 0 Å². The first-order valence-corrected chi connectivity index (χ1v) is 14.5. The molecule has 123 valence electrons. The standard InChI is InChI=1S/C16H32NO2.ClH.In/c1-3-4-5-6-7-8-9-10-11-12-14-17-16(18)13-15-19-2;;/h13H,3-12,14-15H2,1-2H3,(H,17,18);1H;/q;;+1/p-1. The molecule has 0 saturated carbocycles. The molecule has 1 N–H and O–H groups in total. The Morgan fingerprint density at radius 3 is 2.05 bits per heavy atom. The third-order valence-electron chi connectivity index (χ3n) is 3.66. The summed E-state index contributed by atoms with van der Waals surface area (Å²) < 4.78 is 4.99. The molecule has 0 rings (SSSR count). The van der Waals surface area contributed by atoms with E-state index in [0.29, 0.717) is 6.61 Å². The summed E-state index contributed by atoms with van der Waals surface area (Å²) >= 11 is -1.29. The quantitative estimate of drug-likeness (QED) is 0.401. The van der Waals surface area contributed by atoms with Gasteiger partial charge in [0, 0.05) is 0 Å². The normalized spacial score (nSPS) is 12.1. The van der Waals surface area contributed by atoms with E-state index in [2.05, 4.69) is 12.2 Å². The average molecular weight is 421 g/mol. The molecule has 0 spiro atoms. The van der Waals surface area contributed by atoms with Gasteiger partial charge >= 0.3 is 126 Å². The Balaban J connectivity index is 3.30. The third kappa shape index (κ3) is 13.9. The number of rotatable bonds is 15. The summed E-state index contributed by atoms with van der Waals surface area (Å²) in [7, 11) is 7.56. The van der Waals surface area contributed by atoms with E-state index in [4.69, 9.17) is 13.3 Å². The minimum absolute atomic E-state index is 0.0324. The average Bonchev–Trinajstić information content (AvgIpc) is 2.50. The van der Waals surface area contributed by atoms with Gasteiger partial charge in [0.25, 0.3) is 0 Å². The van der Waals surface area contributed by atoms with Crippen molar-refractivity contribution in [2.45, 2.75) is 74.8 Å². The molecule has 5 heteroatoms. The van der Waals surface area contributed by atoms with Crippen LogP contribution in [0.2, 0.25) is 3.67 Å². The van der Waals surface area contributed by atoms with Gasteiger partial charge in [0.05, 0.1) is 0 Å². The number of carbonyl (C=O) groups is 1. The van der Waals surface area contributed by atoms with Crippen LogP contribution in [-0.2, 0) is 9.53 Å². The zero-order valence-corrected chi connectivity index (χ0v) is 17.9. The predicted octanol–water partition coefficient (Wildman–Crippen LogP) is 4.32. The number of nitrogens with one attached hydrogen (secondary N) is 1. The van der Waals surface area contributed by atoms with Crippen LogP contribution in [0.4, 0.5) is 0 Å². The van der Waals surface area contributed by atoms with Crippen molar-refractivity contribution < 1.29 is 9.53 Å². The van der Waals surface area contributed by atoms with Crippen molar-refractivity contribution in [1.29, 1.82) is 0 Å². The fraction of sp³-hybridized carbons (Fsp3) is 0.938. The number of unbranched alkanes of at least 4 members (excludes halogenated alkanes) is 9. The van der Waals surface area contributed by atoms with Crippen LogP contribution < -0.4 is 5.32 Å². The fourth-order valence-electron chi connectivity index (χ4n) is 2.30. The van der Waals surface area contributed by atoms with Crippen LogP contribution in [0.1, 0.15) is 71.1 Å². The summed E-state index contributed by atoms with van der Waals surface area (Å²) in [6, 6.07) is 0. The molecule has 0 heterocycles. The van der Waals surface area contributed by atoms with E-state index >= 15 is 0 Å². The molecule has 0 aromatic heterocycles. The molecule has 0 aromatic rings. The van der Waals surface area contributed by atoms with Gasteiger partial charge in [-0.25, -0.2) is 0 Å². The Kier molecular flexibility index (Phi) is 17.4. The van der Waals surface area contributed by atoms with Crippen molar-refractivity contribution in [1.82, 2.24) is 5.32 Å². The molecule has 0 fully saturated rings. The molecular formula is C16H32ClInNO2. The molecule has 1 radical (unpaired) electrons. The van der Waals surface area contributed by atoms with Gasteiger partial charge < -0.3 is 0 Å². The first-order chi connectivity index (χ1) is 10.3. The molecule has 1 amide bonds. The summed E-state index contributed by atoms with van der Waals surface area (Å²) in [5.41, 5.74) is 0. The van der Waals surface area contributed by atoms with E-state index in [1.54, 1.807) is 7.11 Å². The van der Waals surface area contributed by atoms with Crippen LogP contribution in [0.5, 0.6) is 0 Å². The van der Waals surface area contributed by atoms with E-state index in [1.165, 1.54) is 57.8 Å². The van der Waals surface area contributed by atoms with Crippen molar-refractivity contribution in [2.75, 3.05) is 20.3 Å². The summed E-state index contributed by atoms with van der Waals surface area (Å²) in [5, 5.41) is 2.99. The molecular weight excluding hydrogens is 388 g/mol. The molecule has 3 nitrogen and oxygen atoms in total. The van der Waals surface area contributed by atoms with Crippen molar-refractivity contribution in [2.24, 2.45) is 0 Å². The fourth-order valence-corrected chi connectivity index (χ4v) is 4.98. The van der Waals surface area contributed by atoms with Crippen LogP contribution in [0.25, 0.3) is 0 Å². The maximum atomic E-state index is 11.8. The molecule has 0 bridgehead atoms. The van der Waals surface area contributed by atoms with Crippen molar-refractivity contribution >= 4 is 36.2 Å². The van der Waals surface area contributed by atoms with Crippen LogP contribution in [0, 0.1) is 0 Å². The molecule has 0 aliphatic heterocycles. The van der Waals surface area contributed by atoms with Gasteiger partial charge in [0.2, 0.25) is 0 Å². The second-order valence-corrected chi connectivity index (χ2v) is 10.4. The van der Waals surface area contributed by atoms with Gasteiger partial charge in [-0.05, 0) is 0 Å². The van der Waals surface area contributed by atoms with Crippen molar-refractivity contribution in [3.05, 3.63) is 0 Å². The van der Waals surface area contributed by atoms with Gasteiger partial charge in [-0.3, -0.25) is 0 Å². The molecule has 1 atom stereocenters. The summed E-state index contributed by atoms with van der Waals surface area (Å²) in [5.74, 6) is 0.101. The number of methoxy groups -OCH3 is 1. The number of hydrogen-bond acceptors (Lipinski definition) is 2. The zero-order valence-electron chi connectivity index (χ0n) is 13.8. The number of carbonyl (C=O) groups excluding carboxylic acids is 1. The Bertz CT molecular complexity index is 242. The Morgan fingerprint density at radius 2 is 1.57 bits per heavy atom. The number of hydrogen-bond donors (Lipinski definition) is 1. The molecule has 0 aliphatic carbocycles. The van der Waals surface area contributed by atoms with Crippen LogP contribution in [0.3, 0.4) is 0 Å². The first-order valence-electron chi connectivity index (χ1n) is 8.46. The maximum absolute atomic E-state index is 11.8. The van der Waals surface area contributed by atoms with Gasteiger partial charge in [-0.2, -0.15) is 0 Å². The van der Waals surface area contributed by atoms with Crippen LogP contribution in [-0.4, -0.2) is 47.9 Å². The molecule has 21 heavy (non-hydrogen) atoms. The predicted molar refractivity (Wildman–Crippen MR) is 92.1 cm³/mol. The second-order valence-electron chi connectivity index (χ2n) is 5.66. The minimum atomic E-state index is -1.29. The molecule has 1 unspecified atom stereocenters. The van der Waals surface area contributed by atoms with Crippen LogP contribution in [0.15, 0.2) is 0 Å². The zero-order chi connectivity index (χ0) is 15.8. The van der Waals surface area contributed by atoms with Crippen molar-refractivity contribution in [3.63, 3.8) is 0 Å². The SMILES string of the molecule is CCCCCCCCCCCCNC(=O)[CH](COC)[In][Cl]. The van der Waals surface area contributed by atoms with E-state index in [-0.39, 0.29) is 9.58 Å². The summed E-state index contributed by atoms with van der Waals surface area (Å²) in [6.07, 6.45) is 13.2. The van der Waals surface area contributed by atoms with Gasteiger partial charge in [-0.15, -0.1) is 0 Å². The monoisotopic (exact) mass is 420 g/mol. The summed E-state index contributed by atoms with van der Waals surface area (Å²) in [4.78, 5) is 11.8. The first kappa shape index (κ1) is 21.6. The third-order valence-corrected chi connectivity index (χ3v) is 7.99. The van der Waals surface area contributed by atoms with Gasteiger partial charge in [0.15, 0.2) is 0 Å². The molecule has 0 saturated heterocycles.